The maximum Gasteiger partial charge on any atom is 0.232 e. The zero-order valence-electron chi connectivity index (χ0n) is 19.5. The smallest absolute Gasteiger partial charge is 0.232 e. The van der Waals surface area contributed by atoms with Crippen LogP contribution in [0.1, 0.15) is 43.2 Å². The Morgan fingerprint density at radius 1 is 0.972 bits per heavy atom. The van der Waals surface area contributed by atoms with Crippen LogP contribution in [0.2, 0.25) is 5.02 Å². The summed E-state index contributed by atoms with van der Waals surface area (Å²) in [6.07, 6.45) is 4.80. The molecule has 0 aromatic heterocycles. The van der Waals surface area contributed by atoms with Crippen LogP contribution in [0, 0.1) is 34.8 Å². The van der Waals surface area contributed by atoms with E-state index in [2.05, 4.69) is 22.0 Å². The highest BCUT2D eigenvalue weighted by Gasteiger charge is 2.52. The molecule has 36 heavy (non-hydrogen) atoms. The first-order valence-corrected chi connectivity index (χ1v) is 12.4. The van der Waals surface area contributed by atoms with Gasteiger partial charge in [0.2, 0.25) is 5.91 Å². The molecule has 1 heterocycles. The minimum Gasteiger partial charge on any atom is -0.357 e. The fraction of sp³-hybridized carbons (Fsp3) is 0.286. The Hall–Kier alpha value is -3.63. The first-order chi connectivity index (χ1) is 17.4. The van der Waals surface area contributed by atoms with Gasteiger partial charge in [0.25, 0.3) is 0 Å². The maximum absolute atomic E-state index is 14.2. The van der Waals surface area contributed by atoms with Crippen LogP contribution < -0.4 is 16.0 Å². The molecule has 3 aromatic carbocycles. The normalized spacial score (nSPS) is 17.3. The van der Waals surface area contributed by atoms with E-state index in [9.17, 15) is 13.6 Å². The molecule has 1 unspecified atom stereocenters. The molecule has 1 aliphatic carbocycles. The van der Waals surface area contributed by atoms with Gasteiger partial charge in [0, 0.05) is 22.8 Å². The van der Waals surface area contributed by atoms with Crippen molar-refractivity contribution in [2.24, 2.45) is 11.8 Å². The number of nitrogens with zero attached hydrogens (tertiary/aromatic N) is 1. The quantitative estimate of drug-likeness (QED) is 0.347. The minimum atomic E-state index is -1.16. The van der Waals surface area contributed by atoms with Crippen LogP contribution in [0.3, 0.4) is 0 Å². The largest absolute Gasteiger partial charge is 0.357 e. The number of benzene rings is 3. The van der Waals surface area contributed by atoms with Gasteiger partial charge in [-0.3, -0.25) is 4.79 Å². The van der Waals surface area contributed by atoms with Gasteiger partial charge in [-0.2, -0.15) is 5.26 Å². The van der Waals surface area contributed by atoms with Crippen molar-refractivity contribution in [3.05, 3.63) is 88.4 Å². The molecule has 5 rings (SSSR count). The van der Waals surface area contributed by atoms with Crippen molar-refractivity contribution in [1.29, 1.82) is 5.26 Å². The van der Waals surface area contributed by atoms with Crippen LogP contribution in [-0.2, 0) is 10.5 Å². The lowest BCUT2D eigenvalue weighted by Crippen LogP contribution is -2.54. The van der Waals surface area contributed by atoms with Gasteiger partial charge in [-0.1, -0.05) is 43.0 Å². The third-order valence-corrected chi connectivity index (χ3v) is 7.43. The number of halogens is 3. The van der Waals surface area contributed by atoms with Gasteiger partial charge >= 0.3 is 0 Å². The number of fused-ring (bicyclic) bond motifs is 1. The molecule has 1 aliphatic heterocycles. The first-order valence-electron chi connectivity index (χ1n) is 12.0. The highest BCUT2D eigenvalue weighted by Crippen LogP contribution is 2.49. The maximum atomic E-state index is 14.2. The molecule has 184 valence electrons. The van der Waals surface area contributed by atoms with Crippen molar-refractivity contribution in [2.45, 2.75) is 37.8 Å². The summed E-state index contributed by atoms with van der Waals surface area (Å²) in [5, 5.41) is 19.4. The van der Waals surface area contributed by atoms with Crippen LogP contribution in [0.15, 0.2) is 60.7 Å². The summed E-state index contributed by atoms with van der Waals surface area (Å²) in [5.41, 5.74) is 1.40. The van der Waals surface area contributed by atoms with Crippen LogP contribution >= 0.6 is 11.6 Å². The van der Waals surface area contributed by atoms with E-state index < -0.39 is 23.2 Å². The number of amides is 1. The zero-order valence-corrected chi connectivity index (χ0v) is 20.2. The highest BCUT2D eigenvalue weighted by atomic mass is 35.5. The lowest BCUT2D eigenvalue weighted by molar-refractivity contribution is -0.124. The summed E-state index contributed by atoms with van der Waals surface area (Å²) >= 11 is 6.18. The number of rotatable bonds is 5. The van der Waals surface area contributed by atoms with Crippen LogP contribution in [-0.4, -0.2) is 5.91 Å². The van der Waals surface area contributed by atoms with Gasteiger partial charge in [-0.25, -0.2) is 8.78 Å². The highest BCUT2D eigenvalue weighted by molar-refractivity contribution is 6.30. The summed E-state index contributed by atoms with van der Waals surface area (Å²) in [5.74, 6) is -2.78. The third-order valence-electron chi connectivity index (χ3n) is 7.18. The van der Waals surface area contributed by atoms with Gasteiger partial charge in [-0.05, 0) is 60.7 Å². The van der Waals surface area contributed by atoms with Crippen molar-refractivity contribution < 1.29 is 13.6 Å². The third kappa shape index (κ3) is 4.49. The first kappa shape index (κ1) is 24.1. The number of hydrogen-bond donors (Lipinski definition) is 3. The van der Waals surface area contributed by atoms with Gasteiger partial charge in [0.05, 0.1) is 28.9 Å². The Bertz CT molecular complexity index is 1280. The second-order valence-corrected chi connectivity index (χ2v) is 9.87. The number of nitriles is 1. The molecular formula is C28H25ClF2N4O. The molecule has 5 nitrogen and oxygen atoms in total. The fourth-order valence-electron chi connectivity index (χ4n) is 5.48. The van der Waals surface area contributed by atoms with Crippen molar-refractivity contribution in [3.8, 4) is 6.07 Å². The molecule has 1 atom stereocenters. The predicted octanol–water partition coefficient (Wildman–Crippen LogP) is 7.02. The summed E-state index contributed by atoms with van der Waals surface area (Å²) in [6.45, 7) is 0. The van der Waals surface area contributed by atoms with E-state index in [0.29, 0.717) is 27.6 Å². The fourth-order valence-corrected chi connectivity index (χ4v) is 5.61. The molecule has 3 N–H and O–H groups in total. The van der Waals surface area contributed by atoms with E-state index in [0.717, 1.165) is 49.8 Å². The molecule has 1 amide bonds. The van der Waals surface area contributed by atoms with E-state index >= 15 is 0 Å². The van der Waals surface area contributed by atoms with Gasteiger partial charge in [0.15, 0.2) is 11.6 Å². The monoisotopic (exact) mass is 506 g/mol. The summed E-state index contributed by atoms with van der Waals surface area (Å²) in [7, 11) is 0. The van der Waals surface area contributed by atoms with Gasteiger partial charge in [0.1, 0.15) is 5.66 Å². The predicted molar refractivity (Wildman–Crippen MR) is 137 cm³/mol. The molecule has 2 aliphatic rings. The standard InChI is InChI=1S/C28H25ClF2N4O/c29-20-10-8-19(9-11-20)28(34-24-14-22(30)23(31)15-25(24)35-28)26(18-4-2-1-3-5-18)27(36)33-21-12-6-17(16-32)7-13-21/h6-15,18,26,34-35H,1-5H2,(H,33,36). The Labute approximate surface area is 213 Å². The lowest BCUT2D eigenvalue weighted by Gasteiger charge is -2.43. The SMILES string of the molecule is N#Cc1ccc(NC(=O)C(C2CCCCC2)C2(c3ccc(Cl)cc3)Nc3cc(F)c(F)cc3N2)cc1. The number of anilines is 3. The van der Waals surface area contributed by atoms with Crippen LogP contribution in [0.25, 0.3) is 0 Å². The van der Waals surface area contributed by atoms with E-state index in [4.69, 9.17) is 16.9 Å². The lowest BCUT2D eigenvalue weighted by atomic mass is 9.71. The summed E-state index contributed by atoms with van der Waals surface area (Å²) in [4.78, 5) is 14.1. The average Bonchev–Trinajstić information content (AvgIpc) is 3.24. The van der Waals surface area contributed by atoms with Crippen molar-refractivity contribution in [2.75, 3.05) is 16.0 Å². The Kier molecular flexibility index (Phi) is 6.55. The molecule has 0 saturated heterocycles. The minimum absolute atomic E-state index is 0.0109. The van der Waals surface area contributed by atoms with Gasteiger partial charge in [-0.15, -0.1) is 0 Å². The topological polar surface area (TPSA) is 77.0 Å². The molecular weight excluding hydrogens is 482 g/mol. The summed E-state index contributed by atoms with van der Waals surface area (Å²) < 4.78 is 28.4. The van der Waals surface area contributed by atoms with E-state index in [1.54, 1.807) is 36.4 Å². The molecule has 0 radical (unpaired) electrons. The van der Waals surface area contributed by atoms with Crippen molar-refractivity contribution >= 4 is 34.6 Å². The number of hydrogen-bond acceptors (Lipinski definition) is 4. The van der Waals surface area contributed by atoms with E-state index in [-0.39, 0.29) is 11.8 Å². The molecule has 8 heteroatoms. The number of nitrogens with one attached hydrogen (secondary N) is 3. The van der Waals surface area contributed by atoms with Crippen LogP contribution in [0.4, 0.5) is 25.8 Å². The van der Waals surface area contributed by atoms with Crippen molar-refractivity contribution in [3.63, 3.8) is 0 Å². The zero-order chi connectivity index (χ0) is 25.3. The van der Waals surface area contributed by atoms with E-state index in [1.807, 2.05) is 12.1 Å². The summed E-state index contributed by atoms with van der Waals surface area (Å²) in [6, 6.07) is 18.1. The second-order valence-electron chi connectivity index (χ2n) is 9.43. The van der Waals surface area contributed by atoms with E-state index in [1.165, 1.54) is 0 Å². The molecule has 1 fully saturated rings. The Morgan fingerprint density at radius 3 is 2.11 bits per heavy atom. The van der Waals surface area contributed by atoms with Crippen LogP contribution in [0.5, 0.6) is 0 Å². The second kappa shape index (κ2) is 9.79. The molecule has 1 saturated carbocycles. The van der Waals surface area contributed by atoms with Gasteiger partial charge < -0.3 is 16.0 Å². The van der Waals surface area contributed by atoms with Crippen molar-refractivity contribution in [1.82, 2.24) is 0 Å². The molecule has 0 spiro atoms. The average molecular weight is 507 g/mol. The Morgan fingerprint density at radius 2 is 1.56 bits per heavy atom. The Balaban J connectivity index is 1.60. The molecule has 0 bridgehead atoms. The number of carbonyl (C=O) groups excluding carboxylic acids is 1. The number of carbonyl (C=O) groups is 1. The molecule has 3 aromatic rings.